The lowest BCUT2D eigenvalue weighted by Crippen LogP contribution is -1.42. The van der Waals surface area contributed by atoms with Gasteiger partial charge in [0.1, 0.15) is 0 Å². The predicted molar refractivity (Wildman–Crippen MR) is 44.4 cm³/mol. The molecule has 8 heavy (non-hydrogen) atoms. The highest BCUT2D eigenvalue weighted by Gasteiger charge is 1.74. The molecule has 1 aromatic heterocycles. The van der Waals surface area contributed by atoms with Gasteiger partial charge in [-0.05, 0) is 18.4 Å². The van der Waals surface area contributed by atoms with Gasteiger partial charge in [-0.25, -0.2) is 0 Å². The second kappa shape index (κ2) is 5.28. The Kier molecular flexibility index (Phi) is 7.26. The van der Waals surface area contributed by atoms with Gasteiger partial charge in [0, 0.05) is 4.88 Å². The zero-order chi connectivity index (χ0) is 4.41. The monoisotopic (exact) mass is 195 g/mol. The molecule has 0 saturated heterocycles. The third kappa shape index (κ3) is 3.18. The van der Waals surface area contributed by atoms with Crippen molar-refractivity contribution in [2.45, 2.75) is 6.92 Å². The van der Waals surface area contributed by atoms with Crippen molar-refractivity contribution in [1.29, 1.82) is 0 Å². The summed E-state index contributed by atoms with van der Waals surface area (Å²) in [5.74, 6) is 0. The van der Waals surface area contributed by atoms with E-state index in [9.17, 15) is 0 Å². The molecular weight excluding hydrogens is 186 g/mol. The summed E-state index contributed by atoms with van der Waals surface area (Å²) >= 11 is 1.78. The summed E-state index contributed by atoms with van der Waals surface area (Å²) in [5.41, 5.74) is 0. The predicted octanol–water partition coefficient (Wildman–Crippen LogP) is 2.80. The maximum absolute atomic E-state index is 2.10. The topological polar surface area (TPSA) is 35.0 Å². The summed E-state index contributed by atoms with van der Waals surface area (Å²) in [6.07, 6.45) is 0. The van der Waals surface area contributed by atoms with Crippen LogP contribution in [0.15, 0.2) is 17.5 Å². The molecule has 0 fully saturated rings. The molecule has 0 radical (unpaired) electrons. The Bertz CT molecular complexity index is 116. The van der Waals surface area contributed by atoms with Crippen LogP contribution in [0.5, 0.6) is 0 Å². The fourth-order valence-electron chi connectivity index (χ4n) is 0.361. The summed E-state index contributed by atoms with van der Waals surface area (Å²) in [6, 6.07) is 4.16. The molecule has 0 aliphatic heterocycles. The largest absolute Gasteiger partial charge is 0.344 e. The van der Waals surface area contributed by atoms with E-state index in [2.05, 4.69) is 24.4 Å². The maximum atomic E-state index is 2.10. The third-order valence-electron chi connectivity index (χ3n) is 0.663. The normalized spacial score (nSPS) is 6.62. The van der Waals surface area contributed by atoms with Gasteiger partial charge in [0.15, 0.2) is 0 Å². The average Bonchev–Trinajstić information content (AvgIpc) is 1.86. The van der Waals surface area contributed by atoms with Gasteiger partial charge >= 0.3 is 0 Å². The van der Waals surface area contributed by atoms with Crippen LogP contribution in [0.25, 0.3) is 0 Å². The van der Waals surface area contributed by atoms with E-state index in [0.717, 1.165) is 0 Å². The summed E-state index contributed by atoms with van der Waals surface area (Å²) < 4.78 is 0. The molecule has 0 aromatic carbocycles. The van der Waals surface area contributed by atoms with E-state index < -0.39 is 0 Å². The molecule has 1 rings (SSSR count). The van der Waals surface area contributed by atoms with Gasteiger partial charge in [-0.3, -0.25) is 0 Å². The van der Waals surface area contributed by atoms with Crippen LogP contribution in [0, 0.1) is 6.92 Å². The highest BCUT2D eigenvalue weighted by Crippen LogP contribution is 2.03. The molecule has 1 aromatic rings. The van der Waals surface area contributed by atoms with Crippen LogP contribution in [0.2, 0.25) is 0 Å². The zero-order valence-electron chi connectivity index (χ0n) is 4.76. The highest BCUT2D eigenvalue weighted by atomic mass is 79.9. The van der Waals surface area contributed by atoms with Crippen molar-refractivity contribution in [1.82, 2.24) is 6.15 Å². The van der Waals surface area contributed by atoms with Crippen LogP contribution in [-0.2, 0) is 0 Å². The van der Waals surface area contributed by atoms with Gasteiger partial charge in [-0.1, -0.05) is 6.07 Å². The molecule has 3 N–H and O–H groups in total. The van der Waals surface area contributed by atoms with Gasteiger partial charge in [-0.2, -0.15) is 0 Å². The molecule has 0 unspecified atom stereocenters. The van der Waals surface area contributed by atoms with Crippen molar-refractivity contribution in [2.75, 3.05) is 0 Å². The van der Waals surface area contributed by atoms with Gasteiger partial charge in [0.25, 0.3) is 0 Å². The molecule has 0 saturated carbocycles. The fraction of sp³-hybridized carbons (Fsp3) is 0.200. The lowest BCUT2D eigenvalue weighted by Gasteiger charge is -1.65. The second-order valence-corrected chi connectivity index (χ2v) is 2.38. The van der Waals surface area contributed by atoms with Crippen molar-refractivity contribution in [3.05, 3.63) is 22.4 Å². The van der Waals surface area contributed by atoms with E-state index in [4.69, 9.17) is 0 Å². The number of hydrogen-bond acceptors (Lipinski definition) is 2. The van der Waals surface area contributed by atoms with Gasteiger partial charge in [-0.15, -0.1) is 28.3 Å². The summed E-state index contributed by atoms with van der Waals surface area (Å²) in [6.45, 7) is 2.10. The minimum absolute atomic E-state index is 0. The first-order chi connectivity index (χ1) is 2.89. The molecule has 3 heteroatoms. The van der Waals surface area contributed by atoms with Crippen LogP contribution in [0.1, 0.15) is 4.88 Å². The van der Waals surface area contributed by atoms with Gasteiger partial charge in [0.2, 0.25) is 0 Å². The standard InChI is InChI=1S/C5H6S.BrH.H3N/c1-5-3-2-4-6-5;;/h2-4H,1H3;1H;1H3. The maximum Gasteiger partial charge on any atom is 0.00141 e. The van der Waals surface area contributed by atoms with E-state index >= 15 is 0 Å². The second-order valence-electron chi connectivity index (χ2n) is 1.22. The van der Waals surface area contributed by atoms with Crippen molar-refractivity contribution < 1.29 is 0 Å². The summed E-state index contributed by atoms with van der Waals surface area (Å²) in [5, 5.41) is 2.08. The molecular formula is C5H10BrNS. The first-order valence-electron chi connectivity index (χ1n) is 1.90. The van der Waals surface area contributed by atoms with E-state index in [0.29, 0.717) is 0 Å². The minimum atomic E-state index is 0. The summed E-state index contributed by atoms with van der Waals surface area (Å²) in [4.78, 5) is 1.38. The molecule has 0 spiro atoms. The third-order valence-corrected chi connectivity index (χ3v) is 1.46. The highest BCUT2D eigenvalue weighted by molar-refractivity contribution is 8.93. The zero-order valence-corrected chi connectivity index (χ0v) is 7.29. The number of thiophene rings is 1. The molecule has 1 heterocycles. The number of rotatable bonds is 0. The van der Waals surface area contributed by atoms with Crippen LogP contribution < -0.4 is 6.15 Å². The number of hydrogen-bond donors (Lipinski definition) is 1. The van der Waals surface area contributed by atoms with Crippen LogP contribution in [-0.4, -0.2) is 0 Å². The molecule has 1 nitrogen and oxygen atoms in total. The molecule has 0 bridgehead atoms. The SMILES string of the molecule is Br.Cc1cccs1.N. The first kappa shape index (κ1) is 11.0. The lowest BCUT2D eigenvalue weighted by atomic mass is 10.5. The lowest BCUT2D eigenvalue weighted by molar-refractivity contribution is 1.64. The van der Waals surface area contributed by atoms with E-state index in [1.54, 1.807) is 11.3 Å². The van der Waals surface area contributed by atoms with Crippen molar-refractivity contribution in [3.63, 3.8) is 0 Å². The van der Waals surface area contributed by atoms with Crippen LogP contribution in [0.4, 0.5) is 0 Å². The quantitative estimate of drug-likeness (QED) is 0.680. The van der Waals surface area contributed by atoms with Gasteiger partial charge in [0.05, 0.1) is 0 Å². The Hall–Kier alpha value is 0.140. The van der Waals surface area contributed by atoms with Crippen molar-refractivity contribution in [3.8, 4) is 0 Å². The fourth-order valence-corrected chi connectivity index (χ4v) is 0.890. The molecule has 0 aliphatic rings. The molecule has 48 valence electrons. The molecule has 0 amide bonds. The Balaban J connectivity index is 0. The van der Waals surface area contributed by atoms with E-state index in [1.807, 2.05) is 0 Å². The first-order valence-corrected chi connectivity index (χ1v) is 2.77. The average molecular weight is 196 g/mol. The minimum Gasteiger partial charge on any atom is -0.344 e. The van der Waals surface area contributed by atoms with E-state index in [1.165, 1.54) is 4.88 Å². The van der Waals surface area contributed by atoms with Crippen LogP contribution in [0.3, 0.4) is 0 Å². The Morgan fingerprint density at radius 3 is 2.25 bits per heavy atom. The summed E-state index contributed by atoms with van der Waals surface area (Å²) in [7, 11) is 0. The van der Waals surface area contributed by atoms with E-state index in [-0.39, 0.29) is 23.1 Å². The smallest absolute Gasteiger partial charge is 0.00141 e. The number of aryl methyl sites for hydroxylation is 1. The number of halogens is 1. The Labute approximate surface area is 64.1 Å². The van der Waals surface area contributed by atoms with Crippen molar-refractivity contribution in [2.24, 2.45) is 0 Å². The van der Waals surface area contributed by atoms with Crippen molar-refractivity contribution >= 4 is 28.3 Å². The Morgan fingerprint density at radius 1 is 1.50 bits per heavy atom. The molecule has 0 aliphatic carbocycles. The molecule has 0 atom stereocenters. The van der Waals surface area contributed by atoms with Crippen LogP contribution >= 0.6 is 28.3 Å². The van der Waals surface area contributed by atoms with Gasteiger partial charge < -0.3 is 6.15 Å². The Morgan fingerprint density at radius 2 is 2.12 bits per heavy atom.